The molecule has 12 nitrogen and oxygen atoms in total. The second kappa shape index (κ2) is 4.85. The van der Waals surface area contributed by atoms with Gasteiger partial charge in [0.05, 0.1) is 6.21 Å². The van der Waals surface area contributed by atoms with Crippen molar-refractivity contribution < 1.29 is 9.59 Å². The van der Waals surface area contributed by atoms with Crippen molar-refractivity contribution in [2.45, 2.75) is 5.79 Å². The van der Waals surface area contributed by atoms with Gasteiger partial charge in [0.25, 0.3) is 0 Å². The molecule has 12 heteroatoms. The summed E-state index contributed by atoms with van der Waals surface area (Å²) in [6, 6.07) is -1.06. The molecule has 22 heavy (non-hydrogen) atoms. The number of hydrogen-bond donors (Lipinski definition) is 3. The third-order valence-electron chi connectivity index (χ3n) is 2.68. The number of hydrogen-bond acceptors (Lipinski definition) is 8. The zero-order chi connectivity index (χ0) is 15.7. The van der Waals surface area contributed by atoms with E-state index < -0.39 is 17.8 Å². The van der Waals surface area contributed by atoms with Crippen molar-refractivity contribution in [1.82, 2.24) is 15.3 Å². The molecule has 4 heterocycles. The molecule has 1 unspecified atom stereocenters. The Morgan fingerprint density at radius 3 is 2.68 bits per heavy atom. The molecular weight excluding hydrogens is 292 g/mol. The third-order valence-corrected chi connectivity index (χ3v) is 2.68. The first kappa shape index (κ1) is 13.6. The maximum Gasteiger partial charge on any atom is 0.369 e. The molecule has 0 spiro atoms. The molecule has 0 aliphatic carbocycles. The Kier molecular flexibility index (Phi) is 2.99. The van der Waals surface area contributed by atoms with Crippen LogP contribution >= 0.6 is 0 Å². The molecule has 3 aliphatic rings. The molecule has 1 atom stereocenters. The fourth-order valence-corrected chi connectivity index (χ4v) is 1.69. The number of urea groups is 2. The molecule has 0 saturated heterocycles. The average Bonchev–Trinajstić information content (AvgIpc) is 2.98. The largest absolute Gasteiger partial charge is 0.382 e. The Morgan fingerprint density at radius 2 is 1.95 bits per heavy atom. The van der Waals surface area contributed by atoms with Gasteiger partial charge in [0.1, 0.15) is 18.4 Å². The molecule has 4 rings (SSSR count). The number of nitrogen functional groups attached to an aromatic ring is 1. The second-order valence-electron chi connectivity index (χ2n) is 4.15. The summed E-state index contributed by atoms with van der Waals surface area (Å²) in [5.74, 6) is -0.983. The number of nitrogens with zero attached hydrogens (tertiary/aromatic N) is 7. The lowest BCUT2D eigenvalue weighted by Gasteiger charge is -2.19. The van der Waals surface area contributed by atoms with E-state index in [0.717, 1.165) is 0 Å². The van der Waals surface area contributed by atoms with Crippen molar-refractivity contribution in [2.24, 2.45) is 30.7 Å². The standard InChI is InChI=1S/C5H3N5O.C5H5N5O/c6-3-2-4(8-1-7-3)10-5(11)9-2;6-5-3(1-7-2-8-5)9-4(11)10-5/h1H,(H2,6,7,8,10,11);1-2H,6H2,(H,10,11). The average molecular weight is 300 g/mol. The molecule has 1 aromatic rings. The molecule has 0 radical (unpaired) electrons. The van der Waals surface area contributed by atoms with E-state index in [2.05, 4.69) is 40.2 Å². The van der Waals surface area contributed by atoms with Crippen LogP contribution in [0.5, 0.6) is 0 Å². The monoisotopic (exact) mass is 300 g/mol. The van der Waals surface area contributed by atoms with Crippen LogP contribution < -0.4 is 27.6 Å². The molecule has 0 aromatic carbocycles. The minimum absolute atomic E-state index is 0.185. The summed E-state index contributed by atoms with van der Waals surface area (Å²) in [4.78, 5) is 46.6. The van der Waals surface area contributed by atoms with E-state index in [1.807, 2.05) is 0 Å². The van der Waals surface area contributed by atoms with Gasteiger partial charge in [-0.1, -0.05) is 0 Å². The fraction of sp³-hybridized carbons (Fsp3) is 0.100. The lowest BCUT2D eigenvalue weighted by atomic mass is 10.2. The predicted octanol–water partition coefficient (Wildman–Crippen LogP) is -2.69. The zero-order valence-corrected chi connectivity index (χ0v) is 10.8. The van der Waals surface area contributed by atoms with E-state index in [9.17, 15) is 9.59 Å². The number of fused-ring (bicyclic) bond motifs is 2. The van der Waals surface area contributed by atoms with E-state index in [1.165, 1.54) is 18.9 Å². The highest BCUT2D eigenvalue weighted by molar-refractivity contribution is 6.40. The van der Waals surface area contributed by atoms with Crippen LogP contribution in [0, 0.1) is 0 Å². The summed E-state index contributed by atoms with van der Waals surface area (Å²) in [5.41, 5.74) is 11.6. The number of carbonyl (C=O) groups excluding carboxylic acids is 2. The topological polar surface area (TPSA) is 186 Å². The van der Waals surface area contributed by atoms with E-state index in [-0.39, 0.29) is 16.7 Å². The third kappa shape index (κ3) is 2.33. The first-order chi connectivity index (χ1) is 10.5. The molecule has 3 aliphatic heterocycles. The maximum atomic E-state index is 10.7. The normalized spacial score (nSPS) is 23.4. The van der Waals surface area contributed by atoms with Crippen molar-refractivity contribution in [3.05, 3.63) is 17.2 Å². The van der Waals surface area contributed by atoms with Crippen molar-refractivity contribution in [3.8, 4) is 0 Å². The number of rotatable bonds is 0. The molecule has 0 fully saturated rings. The predicted molar refractivity (Wildman–Crippen MR) is 74.0 cm³/mol. The molecule has 5 N–H and O–H groups in total. The van der Waals surface area contributed by atoms with Gasteiger partial charge in [0.15, 0.2) is 16.7 Å². The Morgan fingerprint density at radius 1 is 1.14 bits per heavy atom. The first-order valence-corrected chi connectivity index (χ1v) is 5.83. The summed E-state index contributed by atoms with van der Waals surface area (Å²) in [6.45, 7) is 0. The van der Waals surface area contributed by atoms with Gasteiger partial charge in [-0.25, -0.2) is 29.5 Å². The van der Waals surface area contributed by atoms with Crippen molar-refractivity contribution in [2.75, 3.05) is 5.73 Å². The van der Waals surface area contributed by atoms with Crippen molar-refractivity contribution in [3.63, 3.8) is 0 Å². The number of carbonyl (C=O) groups is 2. The van der Waals surface area contributed by atoms with Gasteiger partial charge in [0.2, 0.25) is 5.79 Å². The first-order valence-electron chi connectivity index (χ1n) is 5.83. The number of amides is 4. The molecule has 1 aromatic heterocycles. The van der Waals surface area contributed by atoms with Crippen LogP contribution in [0.1, 0.15) is 0 Å². The van der Waals surface area contributed by atoms with Gasteiger partial charge < -0.3 is 5.73 Å². The molecular formula is C10H8N10O2. The van der Waals surface area contributed by atoms with Crippen LogP contribution in [-0.2, 0) is 0 Å². The van der Waals surface area contributed by atoms with E-state index >= 15 is 0 Å². The lowest BCUT2D eigenvalue weighted by molar-refractivity contribution is 0.246. The number of anilines is 1. The maximum absolute atomic E-state index is 10.7. The summed E-state index contributed by atoms with van der Waals surface area (Å²) >= 11 is 0. The Hall–Kier alpha value is -3.41. The van der Waals surface area contributed by atoms with E-state index in [0.29, 0.717) is 5.71 Å². The lowest BCUT2D eigenvalue weighted by Crippen LogP contribution is -2.56. The number of aromatic nitrogens is 2. The van der Waals surface area contributed by atoms with Crippen LogP contribution in [-0.4, -0.2) is 46.1 Å². The summed E-state index contributed by atoms with van der Waals surface area (Å²) in [7, 11) is 0. The Labute approximate surface area is 121 Å². The highest BCUT2D eigenvalue weighted by Crippen LogP contribution is 2.10. The number of aliphatic imine (C=N–C) groups is 3. The SMILES string of the molecule is NC12N=CN=CC1=NC(=O)N2.Nc1ncnc2c1=NC(=O)N=2. The summed E-state index contributed by atoms with van der Waals surface area (Å²) in [6.07, 6.45) is 3.93. The van der Waals surface area contributed by atoms with Crippen molar-refractivity contribution in [1.29, 1.82) is 0 Å². The number of nitrogens with one attached hydrogen (secondary N) is 1. The Balaban J connectivity index is 0.000000131. The zero-order valence-electron chi connectivity index (χ0n) is 10.8. The smallest absolute Gasteiger partial charge is 0.369 e. The van der Waals surface area contributed by atoms with Gasteiger partial charge >= 0.3 is 12.1 Å². The minimum atomic E-state index is -1.17. The van der Waals surface area contributed by atoms with Crippen molar-refractivity contribution >= 4 is 36.1 Å². The highest BCUT2D eigenvalue weighted by Gasteiger charge is 2.38. The minimum Gasteiger partial charge on any atom is -0.382 e. The van der Waals surface area contributed by atoms with Crippen LogP contribution in [0.4, 0.5) is 15.4 Å². The van der Waals surface area contributed by atoms with Crippen LogP contribution in [0.25, 0.3) is 0 Å². The van der Waals surface area contributed by atoms with Crippen LogP contribution in [0.15, 0.2) is 31.3 Å². The second-order valence-corrected chi connectivity index (χ2v) is 4.15. The van der Waals surface area contributed by atoms with Gasteiger partial charge in [-0.3, -0.25) is 11.1 Å². The Bertz CT molecular complexity index is 885. The fourth-order valence-electron chi connectivity index (χ4n) is 1.69. The molecule has 4 amide bonds. The molecule has 0 saturated carbocycles. The quantitative estimate of drug-likeness (QED) is 0.467. The van der Waals surface area contributed by atoms with Crippen LogP contribution in [0.2, 0.25) is 0 Å². The molecule has 110 valence electrons. The summed E-state index contributed by atoms with van der Waals surface area (Å²) in [5, 5.41) is 2.65. The van der Waals surface area contributed by atoms with Gasteiger partial charge in [-0.2, -0.15) is 15.0 Å². The van der Waals surface area contributed by atoms with Gasteiger partial charge in [0, 0.05) is 0 Å². The molecule has 0 bridgehead atoms. The van der Waals surface area contributed by atoms with E-state index in [4.69, 9.17) is 11.5 Å². The van der Waals surface area contributed by atoms with Crippen LogP contribution in [0.3, 0.4) is 0 Å². The van der Waals surface area contributed by atoms with Gasteiger partial charge in [-0.15, -0.1) is 0 Å². The van der Waals surface area contributed by atoms with Gasteiger partial charge in [-0.05, 0) is 0 Å². The number of nitrogens with two attached hydrogens (primary N) is 2. The summed E-state index contributed by atoms with van der Waals surface area (Å²) < 4.78 is 0. The highest BCUT2D eigenvalue weighted by atomic mass is 16.2. The van der Waals surface area contributed by atoms with E-state index in [1.54, 1.807) is 0 Å².